The number of carbonyl (C=O) groups excluding carboxylic acids is 2. The number of hydrogen-bond donors (Lipinski definition) is 2. The van der Waals surface area contributed by atoms with Gasteiger partial charge >= 0.3 is 0 Å². The highest BCUT2D eigenvalue weighted by atomic mass is 16.2. The highest BCUT2D eigenvalue weighted by Gasteiger charge is 2.15. The van der Waals surface area contributed by atoms with E-state index in [9.17, 15) is 9.59 Å². The Bertz CT molecular complexity index is 401. The smallest absolute Gasteiger partial charge is 0.251 e. The van der Waals surface area contributed by atoms with Gasteiger partial charge in [-0.1, -0.05) is 24.3 Å². The predicted molar refractivity (Wildman–Crippen MR) is 66.6 cm³/mol. The van der Waals surface area contributed by atoms with E-state index >= 15 is 0 Å². The third-order valence-electron chi connectivity index (χ3n) is 2.20. The second kappa shape index (κ2) is 6.48. The molecule has 0 fully saturated rings. The maximum atomic E-state index is 11.7. The maximum Gasteiger partial charge on any atom is 0.251 e. The van der Waals surface area contributed by atoms with Gasteiger partial charge < -0.3 is 10.6 Å². The van der Waals surface area contributed by atoms with Crippen LogP contribution >= 0.6 is 0 Å². The summed E-state index contributed by atoms with van der Waals surface area (Å²) in [5.41, 5.74) is 0.538. The molecule has 4 heteroatoms. The molecule has 0 spiro atoms. The average molecular weight is 232 g/mol. The van der Waals surface area contributed by atoms with Crippen molar-refractivity contribution >= 4 is 11.8 Å². The summed E-state index contributed by atoms with van der Waals surface area (Å²) in [5, 5.41) is 5.24. The Balaban J connectivity index is 2.51. The lowest BCUT2D eigenvalue weighted by atomic mass is 10.2. The molecule has 2 amide bonds. The third-order valence-corrected chi connectivity index (χ3v) is 2.20. The average Bonchev–Trinajstić information content (AvgIpc) is 2.36. The Morgan fingerprint density at radius 1 is 1.35 bits per heavy atom. The fourth-order valence-corrected chi connectivity index (χ4v) is 1.26. The molecule has 0 aliphatic rings. The van der Waals surface area contributed by atoms with Crippen LogP contribution in [0, 0.1) is 0 Å². The molecular formula is C13H16N2O2. The van der Waals surface area contributed by atoms with E-state index in [4.69, 9.17) is 0 Å². The largest absolute Gasteiger partial charge is 0.351 e. The van der Waals surface area contributed by atoms with E-state index < -0.39 is 6.04 Å². The van der Waals surface area contributed by atoms with Crippen molar-refractivity contribution in [1.29, 1.82) is 0 Å². The van der Waals surface area contributed by atoms with Crippen LogP contribution in [0.3, 0.4) is 0 Å². The molecule has 4 nitrogen and oxygen atoms in total. The molecule has 0 radical (unpaired) electrons. The van der Waals surface area contributed by atoms with Gasteiger partial charge in [0.1, 0.15) is 6.04 Å². The Hall–Kier alpha value is -2.10. The van der Waals surface area contributed by atoms with Crippen molar-refractivity contribution in [3.8, 4) is 0 Å². The van der Waals surface area contributed by atoms with Gasteiger partial charge in [0, 0.05) is 12.1 Å². The molecule has 0 unspecified atom stereocenters. The van der Waals surface area contributed by atoms with Gasteiger partial charge in [-0.05, 0) is 19.1 Å². The van der Waals surface area contributed by atoms with Gasteiger partial charge in [0.2, 0.25) is 5.91 Å². The van der Waals surface area contributed by atoms with E-state index in [0.717, 1.165) is 0 Å². The molecule has 0 bridgehead atoms. The van der Waals surface area contributed by atoms with Gasteiger partial charge in [-0.3, -0.25) is 9.59 Å². The lowest BCUT2D eigenvalue weighted by Gasteiger charge is -2.13. The van der Waals surface area contributed by atoms with Crippen molar-refractivity contribution in [2.45, 2.75) is 13.0 Å². The van der Waals surface area contributed by atoms with Crippen LogP contribution in [0.4, 0.5) is 0 Å². The zero-order chi connectivity index (χ0) is 12.7. The first kappa shape index (κ1) is 13.0. The Kier molecular flexibility index (Phi) is 4.94. The number of nitrogens with one attached hydrogen (secondary N) is 2. The van der Waals surface area contributed by atoms with Crippen molar-refractivity contribution < 1.29 is 9.59 Å². The molecule has 0 aliphatic heterocycles. The minimum absolute atomic E-state index is 0.228. The lowest BCUT2D eigenvalue weighted by Crippen LogP contribution is -2.44. The second-order valence-corrected chi connectivity index (χ2v) is 3.60. The summed E-state index contributed by atoms with van der Waals surface area (Å²) in [6.45, 7) is 5.53. The minimum Gasteiger partial charge on any atom is -0.351 e. The number of benzene rings is 1. The van der Waals surface area contributed by atoms with Gasteiger partial charge in [0.05, 0.1) is 0 Å². The van der Waals surface area contributed by atoms with E-state index in [1.54, 1.807) is 37.3 Å². The van der Waals surface area contributed by atoms with E-state index in [2.05, 4.69) is 17.2 Å². The first-order chi connectivity index (χ1) is 8.15. The van der Waals surface area contributed by atoms with Crippen LogP contribution in [0.2, 0.25) is 0 Å². The van der Waals surface area contributed by atoms with Crippen LogP contribution in [-0.4, -0.2) is 24.4 Å². The molecular weight excluding hydrogens is 216 g/mol. The Morgan fingerprint density at radius 2 is 2.00 bits per heavy atom. The molecule has 1 aromatic rings. The molecule has 1 aromatic carbocycles. The number of rotatable bonds is 5. The first-order valence-corrected chi connectivity index (χ1v) is 5.39. The third kappa shape index (κ3) is 4.10. The summed E-state index contributed by atoms with van der Waals surface area (Å²) in [6, 6.07) is 8.21. The first-order valence-electron chi connectivity index (χ1n) is 5.39. The van der Waals surface area contributed by atoms with Crippen LogP contribution in [0.5, 0.6) is 0 Å². The van der Waals surface area contributed by atoms with Crippen molar-refractivity contribution in [2.75, 3.05) is 6.54 Å². The zero-order valence-electron chi connectivity index (χ0n) is 9.77. The van der Waals surface area contributed by atoms with Crippen LogP contribution in [0.1, 0.15) is 17.3 Å². The molecule has 0 aliphatic carbocycles. The van der Waals surface area contributed by atoms with Crippen molar-refractivity contribution in [3.63, 3.8) is 0 Å². The molecule has 0 saturated carbocycles. The van der Waals surface area contributed by atoms with Gasteiger partial charge in [-0.25, -0.2) is 0 Å². The summed E-state index contributed by atoms with van der Waals surface area (Å²) in [4.78, 5) is 23.2. The summed E-state index contributed by atoms with van der Waals surface area (Å²) < 4.78 is 0. The highest BCUT2D eigenvalue weighted by Crippen LogP contribution is 1.98. The number of hydrogen-bond acceptors (Lipinski definition) is 2. The Morgan fingerprint density at radius 3 is 2.59 bits per heavy atom. The van der Waals surface area contributed by atoms with Gasteiger partial charge in [0.15, 0.2) is 0 Å². The molecule has 2 N–H and O–H groups in total. The van der Waals surface area contributed by atoms with E-state index in [0.29, 0.717) is 12.1 Å². The molecule has 1 rings (SSSR count). The van der Waals surface area contributed by atoms with E-state index in [-0.39, 0.29) is 11.8 Å². The normalized spacial score (nSPS) is 11.4. The Labute approximate surface area is 101 Å². The fourth-order valence-electron chi connectivity index (χ4n) is 1.26. The lowest BCUT2D eigenvalue weighted by molar-refractivity contribution is -0.122. The minimum atomic E-state index is -0.567. The van der Waals surface area contributed by atoms with Crippen LogP contribution in [0.15, 0.2) is 43.0 Å². The summed E-state index contributed by atoms with van der Waals surface area (Å²) in [7, 11) is 0. The summed E-state index contributed by atoms with van der Waals surface area (Å²) >= 11 is 0. The SMILES string of the molecule is C=CCNC(=O)[C@@H](C)NC(=O)c1ccccc1. The topological polar surface area (TPSA) is 58.2 Å². The van der Waals surface area contributed by atoms with Gasteiger partial charge in [-0.2, -0.15) is 0 Å². The van der Waals surface area contributed by atoms with Crippen LogP contribution in [0.25, 0.3) is 0 Å². The van der Waals surface area contributed by atoms with Crippen LogP contribution in [-0.2, 0) is 4.79 Å². The number of amides is 2. The van der Waals surface area contributed by atoms with E-state index in [1.165, 1.54) is 0 Å². The fraction of sp³-hybridized carbons (Fsp3) is 0.231. The van der Waals surface area contributed by atoms with Gasteiger partial charge in [0.25, 0.3) is 5.91 Å². The molecule has 0 saturated heterocycles. The van der Waals surface area contributed by atoms with Gasteiger partial charge in [-0.15, -0.1) is 6.58 Å². The molecule has 0 heterocycles. The quantitative estimate of drug-likeness (QED) is 0.747. The molecule has 17 heavy (non-hydrogen) atoms. The summed E-state index contributed by atoms with van der Waals surface area (Å²) in [6.07, 6.45) is 1.59. The highest BCUT2D eigenvalue weighted by molar-refractivity contribution is 5.97. The van der Waals surface area contributed by atoms with Crippen molar-refractivity contribution in [1.82, 2.24) is 10.6 Å². The molecule has 0 aromatic heterocycles. The van der Waals surface area contributed by atoms with E-state index in [1.807, 2.05) is 6.07 Å². The standard InChI is InChI=1S/C13H16N2O2/c1-3-9-14-12(16)10(2)15-13(17)11-7-5-4-6-8-11/h3-8,10H,1,9H2,2H3,(H,14,16)(H,15,17)/t10-/m1/s1. The second-order valence-electron chi connectivity index (χ2n) is 3.60. The van der Waals surface area contributed by atoms with Crippen LogP contribution < -0.4 is 10.6 Å². The monoisotopic (exact) mass is 232 g/mol. The summed E-state index contributed by atoms with van der Waals surface area (Å²) in [5.74, 6) is -0.485. The maximum absolute atomic E-state index is 11.7. The predicted octanol–water partition coefficient (Wildman–Crippen LogP) is 1.11. The van der Waals surface area contributed by atoms with Crippen molar-refractivity contribution in [2.24, 2.45) is 0 Å². The zero-order valence-corrected chi connectivity index (χ0v) is 9.77. The molecule has 90 valence electrons. The van der Waals surface area contributed by atoms with Crippen molar-refractivity contribution in [3.05, 3.63) is 48.6 Å². The molecule has 1 atom stereocenters. The number of carbonyl (C=O) groups is 2.